The van der Waals surface area contributed by atoms with Crippen molar-refractivity contribution in [1.82, 2.24) is 15.5 Å². The SMILES string of the molecule is CCNC(=O)N1CC[C@H](N[C@@H](C)c2ccsc2)C1. The Kier molecular flexibility index (Phi) is 4.60. The number of thiophene rings is 1. The van der Waals surface area contributed by atoms with Gasteiger partial charge >= 0.3 is 6.03 Å². The van der Waals surface area contributed by atoms with Gasteiger partial charge in [-0.05, 0) is 42.7 Å². The van der Waals surface area contributed by atoms with Crippen molar-refractivity contribution in [2.24, 2.45) is 0 Å². The van der Waals surface area contributed by atoms with Crippen LogP contribution in [0.5, 0.6) is 0 Å². The molecule has 2 rings (SSSR count). The first-order valence-electron chi connectivity index (χ1n) is 6.51. The minimum Gasteiger partial charge on any atom is -0.338 e. The third-order valence-electron chi connectivity index (χ3n) is 3.33. The average Bonchev–Trinajstić information content (AvgIpc) is 2.99. The first-order valence-corrected chi connectivity index (χ1v) is 7.46. The lowest BCUT2D eigenvalue weighted by Crippen LogP contribution is -2.41. The van der Waals surface area contributed by atoms with E-state index in [2.05, 4.69) is 34.4 Å². The van der Waals surface area contributed by atoms with E-state index in [1.807, 2.05) is 11.8 Å². The van der Waals surface area contributed by atoms with E-state index in [4.69, 9.17) is 0 Å². The first kappa shape index (κ1) is 13.4. The highest BCUT2D eigenvalue weighted by molar-refractivity contribution is 7.07. The lowest BCUT2D eigenvalue weighted by atomic mass is 10.1. The number of urea groups is 1. The normalized spacial score (nSPS) is 21.0. The fourth-order valence-electron chi connectivity index (χ4n) is 2.31. The molecule has 18 heavy (non-hydrogen) atoms. The summed E-state index contributed by atoms with van der Waals surface area (Å²) in [5, 5.41) is 10.7. The summed E-state index contributed by atoms with van der Waals surface area (Å²) in [4.78, 5) is 13.6. The Morgan fingerprint density at radius 3 is 3.17 bits per heavy atom. The molecule has 2 N–H and O–H groups in total. The Bertz CT molecular complexity index is 380. The number of hydrogen-bond donors (Lipinski definition) is 2. The summed E-state index contributed by atoms with van der Waals surface area (Å²) in [6.45, 7) is 6.47. The van der Waals surface area contributed by atoms with Crippen molar-refractivity contribution >= 4 is 17.4 Å². The van der Waals surface area contributed by atoms with Crippen LogP contribution in [0.15, 0.2) is 16.8 Å². The van der Waals surface area contributed by atoms with Crippen LogP contribution in [0.1, 0.15) is 31.9 Å². The van der Waals surface area contributed by atoms with Crippen molar-refractivity contribution in [3.05, 3.63) is 22.4 Å². The number of likely N-dealkylation sites (tertiary alicyclic amines) is 1. The molecule has 0 aromatic carbocycles. The molecule has 100 valence electrons. The zero-order valence-electron chi connectivity index (χ0n) is 11.0. The van der Waals surface area contributed by atoms with Crippen molar-refractivity contribution in [2.75, 3.05) is 19.6 Å². The maximum Gasteiger partial charge on any atom is 0.317 e. The minimum atomic E-state index is 0.0602. The van der Waals surface area contributed by atoms with Crippen molar-refractivity contribution in [1.29, 1.82) is 0 Å². The quantitative estimate of drug-likeness (QED) is 0.878. The van der Waals surface area contributed by atoms with Crippen molar-refractivity contribution < 1.29 is 4.79 Å². The zero-order chi connectivity index (χ0) is 13.0. The van der Waals surface area contributed by atoms with Crippen LogP contribution in [0, 0.1) is 0 Å². The van der Waals surface area contributed by atoms with Crippen LogP contribution in [-0.2, 0) is 0 Å². The molecule has 0 radical (unpaired) electrons. The number of rotatable bonds is 4. The number of carbonyl (C=O) groups is 1. The second kappa shape index (κ2) is 6.20. The van der Waals surface area contributed by atoms with Gasteiger partial charge in [-0.3, -0.25) is 0 Å². The number of hydrogen-bond acceptors (Lipinski definition) is 3. The van der Waals surface area contributed by atoms with Gasteiger partial charge in [-0.25, -0.2) is 4.79 Å². The molecule has 0 unspecified atom stereocenters. The largest absolute Gasteiger partial charge is 0.338 e. The number of nitrogens with one attached hydrogen (secondary N) is 2. The summed E-state index contributed by atoms with van der Waals surface area (Å²) in [7, 11) is 0. The number of carbonyl (C=O) groups excluding carboxylic acids is 1. The molecule has 1 saturated heterocycles. The standard InChI is InChI=1S/C13H21N3OS/c1-3-14-13(17)16-6-4-12(8-16)15-10(2)11-5-7-18-9-11/h5,7,9-10,12,15H,3-4,6,8H2,1-2H3,(H,14,17)/t10-,12-/m0/s1. The van der Waals surface area contributed by atoms with E-state index in [-0.39, 0.29) is 6.03 Å². The van der Waals surface area contributed by atoms with E-state index in [0.29, 0.717) is 18.6 Å². The van der Waals surface area contributed by atoms with Gasteiger partial charge in [0.25, 0.3) is 0 Å². The van der Waals surface area contributed by atoms with Crippen molar-refractivity contribution in [3.63, 3.8) is 0 Å². The van der Waals surface area contributed by atoms with Crippen molar-refractivity contribution in [2.45, 2.75) is 32.4 Å². The Morgan fingerprint density at radius 1 is 1.67 bits per heavy atom. The molecule has 0 spiro atoms. The highest BCUT2D eigenvalue weighted by atomic mass is 32.1. The second-order valence-corrected chi connectivity index (χ2v) is 5.49. The minimum absolute atomic E-state index is 0.0602. The Balaban J connectivity index is 1.81. The maximum absolute atomic E-state index is 11.7. The second-order valence-electron chi connectivity index (χ2n) is 4.71. The van der Waals surface area contributed by atoms with Gasteiger partial charge < -0.3 is 15.5 Å². The van der Waals surface area contributed by atoms with Gasteiger partial charge in [0.15, 0.2) is 0 Å². The van der Waals surface area contributed by atoms with Crippen molar-refractivity contribution in [3.8, 4) is 0 Å². The molecule has 0 saturated carbocycles. The van der Waals surface area contributed by atoms with Gasteiger partial charge in [-0.2, -0.15) is 11.3 Å². The van der Waals surface area contributed by atoms with Gasteiger partial charge in [0.2, 0.25) is 0 Å². The Hall–Kier alpha value is -1.07. The van der Waals surface area contributed by atoms with E-state index in [9.17, 15) is 4.79 Å². The van der Waals surface area contributed by atoms with Crippen LogP contribution in [0.4, 0.5) is 4.79 Å². The van der Waals surface area contributed by atoms with E-state index in [0.717, 1.165) is 19.5 Å². The van der Waals surface area contributed by atoms with Gasteiger partial charge in [0.1, 0.15) is 0 Å². The highest BCUT2D eigenvalue weighted by Crippen LogP contribution is 2.18. The van der Waals surface area contributed by atoms with E-state index >= 15 is 0 Å². The molecule has 1 fully saturated rings. The van der Waals surface area contributed by atoms with Gasteiger partial charge in [0, 0.05) is 31.7 Å². The Morgan fingerprint density at radius 2 is 2.50 bits per heavy atom. The summed E-state index contributed by atoms with van der Waals surface area (Å²) in [5.74, 6) is 0. The molecule has 2 atom stereocenters. The lowest BCUT2D eigenvalue weighted by molar-refractivity contribution is 0.208. The van der Waals surface area contributed by atoms with E-state index in [1.165, 1.54) is 5.56 Å². The zero-order valence-corrected chi connectivity index (χ0v) is 11.8. The molecule has 1 aromatic heterocycles. The summed E-state index contributed by atoms with van der Waals surface area (Å²) < 4.78 is 0. The third-order valence-corrected chi connectivity index (χ3v) is 4.03. The summed E-state index contributed by atoms with van der Waals surface area (Å²) in [5.41, 5.74) is 1.33. The highest BCUT2D eigenvalue weighted by Gasteiger charge is 2.26. The van der Waals surface area contributed by atoms with Gasteiger partial charge in [-0.15, -0.1) is 0 Å². The molecule has 0 bridgehead atoms. The molecule has 5 heteroatoms. The smallest absolute Gasteiger partial charge is 0.317 e. The summed E-state index contributed by atoms with van der Waals surface area (Å²) in [6, 6.07) is 2.97. The Labute approximate surface area is 112 Å². The molecule has 2 heterocycles. The number of nitrogens with zero attached hydrogens (tertiary/aromatic N) is 1. The topological polar surface area (TPSA) is 44.4 Å². The molecule has 4 nitrogen and oxygen atoms in total. The van der Waals surface area contributed by atoms with Crippen LogP contribution in [0.25, 0.3) is 0 Å². The summed E-state index contributed by atoms with van der Waals surface area (Å²) >= 11 is 1.72. The molecule has 1 aliphatic rings. The van der Waals surface area contributed by atoms with E-state index in [1.54, 1.807) is 11.3 Å². The monoisotopic (exact) mass is 267 g/mol. The fraction of sp³-hybridized carbons (Fsp3) is 0.615. The average molecular weight is 267 g/mol. The lowest BCUT2D eigenvalue weighted by Gasteiger charge is -2.20. The van der Waals surface area contributed by atoms with Gasteiger partial charge in [-0.1, -0.05) is 0 Å². The predicted octanol–water partition coefficient (Wildman–Crippen LogP) is 2.20. The molecule has 2 amide bonds. The molecule has 1 aromatic rings. The molecule has 0 aliphatic carbocycles. The first-order chi connectivity index (χ1) is 8.70. The number of amides is 2. The van der Waals surface area contributed by atoms with Crippen LogP contribution < -0.4 is 10.6 Å². The molecular weight excluding hydrogens is 246 g/mol. The molecule has 1 aliphatic heterocycles. The van der Waals surface area contributed by atoms with Gasteiger partial charge in [0.05, 0.1) is 0 Å². The molecular formula is C13H21N3OS. The van der Waals surface area contributed by atoms with Crippen LogP contribution in [-0.4, -0.2) is 36.6 Å². The predicted molar refractivity (Wildman–Crippen MR) is 74.9 cm³/mol. The van der Waals surface area contributed by atoms with Crippen LogP contribution >= 0.6 is 11.3 Å². The fourth-order valence-corrected chi connectivity index (χ4v) is 3.07. The maximum atomic E-state index is 11.7. The summed E-state index contributed by atoms with van der Waals surface area (Å²) in [6.07, 6.45) is 1.03. The van der Waals surface area contributed by atoms with E-state index < -0.39 is 0 Å². The third kappa shape index (κ3) is 3.23. The van der Waals surface area contributed by atoms with Crippen LogP contribution in [0.2, 0.25) is 0 Å². The van der Waals surface area contributed by atoms with Crippen LogP contribution in [0.3, 0.4) is 0 Å².